The normalized spacial score (nSPS) is 17.9. The highest BCUT2D eigenvalue weighted by atomic mass is 14.2. The van der Waals surface area contributed by atoms with Gasteiger partial charge in [0.2, 0.25) is 0 Å². The quantitative estimate of drug-likeness (QED) is 0.404. The summed E-state index contributed by atoms with van der Waals surface area (Å²) in [6.45, 7) is 23.2. The maximum Gasteiger partial charge on any atom is -0.0443 e. The van der Waals surface area contributed by atoms with Crippen LogP contribution in [0.5, 0.6) is 0 Å². The fraction of sp³-hybridized carbons (Fsp3) is 1.00. The van der Waals surface area contributed by atoms with Gasteiger partial charge in [-0.25, -0.2) is 0 Å². The van der Waals surface area contributed by atoms with E-state index < -0.39 is 0 Å². The van der Waals surface area contributed by atoms with Crippen molar-refractivity contribution in [3.8, 4) is 0 Å². The largest absolute Gasteiger partial charge is 0.0683 e. The van der Waals surface area contributed by atoms with Crippen molar-refractivity contribution >= 4 is 0 Å². The van der Waals surface area contributed by atoms with Crippen LogP contribution in [0.15, 0.2) is 0 Å². The van der Waals surface area contributed by atoms with Crippen LogP contribution in [-0.2, 0) is 0 Å². The lowest BCUT2D eigenvalue weighted by molar-refractivity contribution is 0.346. The Hall–Kier alpha value is 0. The smallest absolute Gasteiger partial charge is 0.0443 e. The fourth-order valence-corrected chi connectivity index (χ4v) is 2.35. The Labute approximate surface area is 165 Å². The standard InChI is InChI=1S/C6H12.2C5H10.C3H8.3C2H6/c1-6-4-2-3-5-6;2*1-5-3-2-4-5;1-3-2;3*1-2/h6H,2-5H2,1H3;2*5H,2-4H2,1H3;3H2,1-2H3;3*1-2H3. The molecule has 25 heavy (non-hydrogen) atoms. The molecule has 3 fully saturated rings. The highest BCUT2D eigenvalue weighted by Crippen LogP contribution is 2.25. The molecule has 0 spiro atoms. The van der Waals surface area contributed by atoms with Crippen LogP contribution in [0.25, 0.3) is 0 Å². The fourth-order valence-electron chi connectivity index (χ4n) is 2.35. The Bertz CT molecular complexity index is 147. The van der Waals surface area contributed by atoms with Crippen molar-refractivity contribution in [3.05, 3.63) is 0 Å². The Morgan fingerprint density at radius 2 is 0.600 bits per heavy atom. The summed E-state index contributed by atoms with van der Waals surface area (Å²) in [4.78, 5) is 0. The van der Waals surface area contributed by atoms with E-state index >= 15 is 0 Å². The summed E-state index contributed by atoms with van der Waals surface area (Å²) in [7, 11) is 0. The third-order valence-corrected chi connectivity index (χ3v) is 4.43. The molecule has 0 radical (unpaired) electrons. The SMILES string of the molecule is CC.CC.CC.CC1CCC1.CC1CCC1.CC1CCCC1.CCC. The van der Waals surface area contributed by atoms with Crippen LogP contribution < -0.4 is 0 Å². The molecule has 0 atom stereocenters. The molecule has 0 nitrogen and oxygen atoms in total. The Morgan fingerprint density at radius 3 is 0.640 bits per heavy atom. The van der Waals surface area contributed by atoms with Crippen molar-refractivity contribution in [3.63, 3.8) is 0 Å². The van der Waals surface area contributed by atoms with E-state index in [1.807, 2.05) is 41.5 Å². The molecule has 158 valence electrons. The van der Waals surface area contributed by atoms with Gasteiger partial charge in [0, 0.05) is 0 Å². The Kier molecular flexibility index (Phi) is 41.5. The van der Waals surface area contributed by atoms with Crippen LogP contribution >= 0.6 is 0 Å². The second-order valence-corrected chi connectivity index (χ2v) is 7.17. The van der Waals surface area contributed by atoms with Gasteiger partial charge < -0.3 is 0 Å². The summed E-state index contributed by atoms with van der Waals surface area (Å²) in [6, 6.07) is 0. The third kappa shape index (κ3) is 32.2. The zero-order valence-corrected chi connectivity index (χ0v) is 20.5. The number of hydrogen-bond donors (Lipinski definition) is 0. The lowest BCUT2D eigenvalue weighted by atomic mass is 9.88. The molecule has 0 amide bonds. The van der Waals surface area contributed by atoms with Gasteiger partial charge in [0.15, 0.2) is 0 Å². The first-order valence-corrected chi connectivity index (χ1v) is 12.1. The highest BCUT2D eigenvalue weighted by Gasteiger charge is 2.09. The van der Waals surface area contributed by atoms with Crippen molar-refractivity contribution in [2.45, 2.75) is 147 Å². The third-order valence-electron chi connectivity index (χ3n) is 4.43. The van der Waals surface area contributed by atoms with Crippen LogP contribution in [0, 0.1) is 17.8 Å². The van der Waals surface area contributed by atoms with Gasteiger partial charge in [-0.2, -0.15) is 0 Å². The molecule has 0 N–H and O–H groups in total. The van der Waals surface area contributed by atoms with Crippen LogP contribution in [0.1, 0.15) is 147 Å². The zero-order chi connectivity index (χ0) is 20.5. The molecule has 0 aromatic heterocycles. The summed E-state index contributed by atoms with van der Waals surface area (Å²) in [6.07, 6.45) is 16.1. The first-order valence-electron chi connectivity index (χ1n) is 12.1. The van der Waals surface area contributed by atoms with E-state index in [9.17, 15) is 0 Å². The lowest BCUT2D eigenvalue weighted by Crippen LogP contribution is -2.04. The van der Waals surface area contributed by atoms with E-state index in [0.29, 0.717) is 0 Å². The summed E-state index contributed by atoms with van der Waals surface area (Å²) in [5, 5.41) is 0. The molecule has 0 saturated heterocycles. The van der Waals surface area contributed by atoms with Crippen molar-refractivity contribution in [1.29, 1.82) is 0 Å². The van der Waals surface area contributed by atoms with Gasteiger partial charge in [-0.3, -0.25) is 0 Å². The molecule has 3 saturated carbocycles. The van der Waals surface area contributed by atoms with Crippen molar-refractivity contribution in [2.24, 2.45) is 17.8 Å². The Morgan fingerprint density at radius 1 is 0.440 bits per heavy atom. The molecular weight excluding hydrogens is 300 g/mol. The van der Waals surface area contributed by atoms with Crippen molar-refractivity contribution in [1.82, 2.24) is 0 Å². The molecule has 0 bridgehead atoms. The summed E-state index contributed by atoms with van der Waals surface area (Å²) in [5.74, 6) is 3.18. The number of rotatable bonds is 0. The van der Waals surface area contributed by atoms with Gasteiger partial charge >= 0.3 is 0 Å². The van der Waals surface area contributed by atoms with Crippen LogP contribution in [0.3, 0.4) is 0 Å². The molecule has 0 aromatic carbocycles. The van der Waals surface area contributed by atoms with E-state index in [4.69, 9.17) is 0 Å². The molecule has 0 heteroatoms. The maximum absolute atomic E-state index is 2.34. The minimum atomic E-state index is 1.05. The van der Waals surface area contributed by atoms with Crippen LogP contribution in [-0.4, -0.2) is 0 Å². The Balaban J connectivity index is -0.000000109. The molecule has 3 aliphatic carbocycles. The van der Waals surface area contributed by atoms with Gasteiger partial charge in [0.1, 0.15) is 0 Å². The van der Waals surface area contributed by atoms with Gasteiger partial charge in [0.05, 0.1) is 0 Å². The van der Waals surface area contributed by atoms with Crippen molar-refractivity contribution < 1.29 is 0 Å². The molecule has 3 rings (SSSR count). The topological polar surface area (TPSA) is 0 Å². The molecule has 0 aromatic rings. The molecular formula is C25H58. The second-order valence-electron chi connectivity index (χ2n) is 7.17. The van der Waals surface area contributed by atoms with E-state index in [1.165, 1.54) is 70.6 Å². The highest BCUT2D eigenvalue weighted by molar-refractivity contribution is 4.63. The first-order chi connectivity index (χ1) is 12.1. The first kappa shape index (κ1) is 32.7. The van der Waals surface area contributed by atoms with Gasteiger partial charge in [-0.1, -0.05) is 147 Å². The maximum atomic E-state index is 2.34. The van der Waals surface area contributed by atoms with Crippen LogP contribution in [0.2, 0.25) is 0 Å². The predicted octanol–water partition coefficient (Wildman–Crippen LogP) is 10.3. The van der Waals surface area contributed by atoms with Gasteiger partial charge in [-0.05, 0) is 17.8 Å². The lowest BCUT2D eigenvalue weighted by Gasteiger charge is -2.18. The molecule has 0 unspecified atom stereocenters. The number of hydrogen-bond acceptors (Lipinski definition) is 0. The van der Waals surface area contributed by atoms with Gasteiger partial charge in [0.25, 0.3) is 0 Å². The monoisotopic (exact) mass is 358 g/mol. The van der Waals surface area contributed by atoms with Crippen molar-refractivity contribution in [2.75, 3.05) is 0 Å². The zero-order valence-electron chi connectivity index (χ0n) is 20.5. The minimum absolute atomic E-state index is 1.05. The van der Waals surface area contributed by atoms with E-state index in [0.717, 1.165) is 17.8 Å². The minimum Gasteiger partial charge on any atom is -0.0683 e. The molecule has 0 heterocycles. The van der Waals surface area contributed by atoms with Crippen LogP contribution in [0.4, 0.5) is 0 Å². The second kappa shape index (κ2) is 31.7. The van der Waals surface area contributed by atoms with Gasteiger partial charge in [-0.15, -0.1) is 0 Å². The average molecular weight is 359 g/mol. The summed E-state index contributed by atoms with van der Waals surface area (Å²) in [5.41, 5.74) is 0. The van der Waals surface area contributed by atoms with E-state index in [-0.39, 0.29) is 0 Å². The molecule has 3 aliphatic rings. The predicted molar refractivity (Wildman–Crippen MR) is 124 cm³/mol. The van der Waals surface area contributed by atoms with E-state index in [2.05, 4.69) is 34.6 Å². The summed E-state index contributed by atoms with van der Waals surface area (Å²) >= 11 is 0. The van der Waals surface area contributed by atoms with E-state index in [1.54, 1.807) is 0 Å². The average Bonchev–Trinajstić information content (AvgIpc) is 3.09. The molecule has 0 aliphatic heterocycles. The summed E-state index contributed by atoms with van der Waals surface area (Å²) < 4.78 is 0.